The first-order valence-electron chi connectivity index (χ1n) is 12.2. The lowest BCUT2D eigenvalue weighted by molar-refractivity contribution is 0.204. The molecule has 0 aliphatic heterocycles. The van der Waals surface area contributed by atoms with Gasteiger partial charge in [0.25, 0.3) is 0 Å². The Morgan fingerprint density at radius 2 is 1.31 bits per heavy atom. The molecule has 5 heteroatoms. The maximum Gasteiger partial charge on any atom is 0.161 e. The molecule has 0 saturated carbocycles. The van der Waals surface area contributed by atoms with Crippen molar-refractivity contribution < 1.29 is 14.2 Å². The Kier molecular flexibility index (Phi) is 8.60. The highest BCUT2D eigenvalue weighted by atomic mass is 16.5. The first-order chi connectivity index (χ1) is 17.6. The standard InChI is InChI=1S/C31H32N2O3/c1-2-8-27-21-26(24-13-15-25(16-14-24)31(32)33)17-18-28(27)34-19-20-35-29-11-6-7-12-30(29)36-22-23-9-4-3-5-10-23/h3-7,9-18,21H,2,8,19-20,22H2,1H3,(H3,32,33). The summed E-state index contributed by atoms with van der Waals surface area (Å²) >= 11 is 0. The minimum Gasteiger partial charge on any atom is -0.490 e. The molecule has 0 fully saturated rings. The van der Waals surface area contributed by atoms with Crippen LogP contribution in [-0.4, -0.2) is 19.0 Å². The van der Waals surface area contributed by atoms with Crippen molar-refractivity contribution in [2.75, 3.05) is 13.2 Å². The van der Waals surface area contributed by atoms with Gasteiger partial charge < -0.3 is 19.9 Å². The van der Waals surface area contributed by atoms with E-state index in [1.165, 1.54) is 0 Å². The van der Waals surface area contributed by atoms with Gasteiger partial charge >= 0.3 is 0 Å². The van der Waals surface area contributed by atoms with Crippen LogP contribution in [0.25, 0.3) is 11.1 Å². The molecule has 36 heavy (non-hydrogen) atoms. The smallest absolute Gasteiger partial charge is 0.161 e. The first kappa shape index (κ1) is 24.9. The Bertz CT molecular complexity index is 1270. The van der Waals surface area contributed by atoms with Crippen LogP contribution in [0.15, 0.2) is 97.1 Å². The van der Waals surface area contributed by atoms with Gasteiger partial charge in [0.2, 0.25) is 0 Å². The molecule has 4 aromatic rings. The number of hydrogen-bond acceptors (Lipinski definition) is 4. The van der Waals surface area contributed by atoms with Crippen LogP contribution < -0.4 is 19.9 Å². The molecule has 5 nitrogen and oxygen atoms in total. The zero-order valence-corrected chi connectivity index (χ0v) is 20.6. The van der Waals surface area contributed by atoms with Crippen molar-refractivity contribution in [1.29, 1.82) is 5.41 Å². The van der Waals surface area contributed by atoms with Gasteiger partial charge in [-0.05, 0) is 52.9 Å². The number of amidine groups is 1. The predicted octanol–water partition coefficient (Wildman–Crippen LogP) is 6.63. The van der Waals surface area contributed by atoms with Gasteiger partial charge in [0.05, 0.1) is 0 Å². The molecule has 0 atom stereocenters. The normalized spacial score (nSPS) is 10.6. The van der Waals surface area contributed by atoms with Gasteiger partial charge in [-0.25, -0.2) is 0 Å². The molecular formula is C31H32N2O3. The van der Waals surface area contributed by atoms with Crippen molar-refractivity contribution >= 4 is 5.84 Å². The number of nitrogens with one attached hydrogen (secondary N) is 1. The lowest BCUT2D eigenvalue weighted by Gasteiger charge is -2.15. The van der Waals surface area contributed by atoms with E-state index in [0.29, 0.717) is 31.3 Å². The van der Waals surface area contributed by atoms with Crippen LogP contribution in [0.1, 0.15) is 30.0 Å². The molecule has 0 saturated heterocycles. The fourth-order valence-electron chi connectivity index (χ4n) is 3.93. The molecule has 4 aromatic carbocycles. The minimum absolute atomic E-state index is 0.0737. The van der Waals surface area contributed by atoms with Crippen LogP contribution in [0, 0.1) is 5.41 Å². The highest BCUT2D eigenvalue weighted by Gasteiger charge is 2.09. The fourth-order valence-corrected chi connectivity index (χ4v) is 3.93. The summed E-state index contributed by atoms with van der Waals surface area (Å²) in [4.78, 5) is 0. The van der Waals surface area contributed by atoms with E-state index in [2.05, 4.69) is 19.1 Å². The number of para-hydroxylation sites is 2. The van der Waals surface area contributed by atoms with Crippen molar-refractivity contribution in [3.63, 3.8) is 0 Å². The maximum atomic E-state index is 7.58. The van der Waals surface area contributed by atoms with Crippen LogP contribution in [0.4, 0.5) is 0 Å². The Morgan fingerprint density at radius 3 is 1.97 bits per heavy atom. The van der Waals surface area contributed by atoms with Crippen molar-refractivity contribution in [2.24, 2.45) is 5.73 Å². The van der Waals surface area contributed by atoms with Gasteiger partial charge in [0.15, 0.2) is 11.5 Å². The van der Waals surface area contributed by atoms with Crippen LogP contribution in [0.3, 0.4) is 0 Å². The van der Waals surface area contributed by atoms with E-state index in [1.54, 1.807) is 0 Å². The highest BCUT2D eigenvalue weighted by molar-refractivity contribution is 5.95. The third kappa shape index (κ3) is 6.66. The Labute approximate surface area is 213 Å². The average molecular weight is 481 g/mol. The van der Waals surface area contributed by atoms with Crippen molar-refractivity contribution in [1.82, 2.24) is 0 Å². The average Bonchev–Trinajstić information content (AvgIpc) is 2.92. The minimum atomic E-state index is 0.0737. The second kappa shape index (κ2) is 12.5. The number of nitrogen functional groups attached to an aromatic ring is 1. The topological polar surface area (TPSA) is 77.6 Å². The summed E-state index contributed by atoms with van der Waals surface area (Å²) in [7, 11) is 0. The molecule has 0 amide bonds. The molecule has 0 spiro atoms. The molecule has 0 bridgehead atoms. The molecule has 0 unspecified atom stereocenters. The monoisotopic (exact) mass is 480 g/mol. The SMILES string of the molecule is CCCc1cc(-c2ccc(C(=N)N)cc2)ccc1OCCOc1ccccc1OCc1ccccc1. The number of benzene rings is 4. The van der Waals surface area contributed by atoms with E-state index in [-0.39, 0.29) is 5.84 Å². The van der Waals surface area contributed by atoms with Crippen molar-refractivity contribution in [2.45, 2.75) is 26.4 Å². The molecule has 0 aromatic heterocycles. The van der Waals surface area contributed by atoms with Gasteiger partial charge in [-0.15, -0.1) is 0 Å². The molecule has 184 valence electrons. The zero-order chi connectivity index (χ0) is 25.2. The summed E-state index contributed by atoms with van der Waals surface area (Å²) in [6.07, 6.45) is 1.94. The highest BCUT2D eigenvalue weighted by Crippen LogP contribution is 2.29. The summed E-state index contributed by atoms with van der Waals surface area (Å²) in [6, 6.07) is 31.8. The van der Waals surface area contributed by atoms with Crippen LogP contribution in [-0.2, 0) is 13.0 Å². The molecular weight excluding hydrogens is 448 g/mol. The quantitative estimate of drug-likeness (QED) is 0.136. The summed E-state index contributed by atoms with van der Waals surface area (Å²) in [5.41, 5.74) is 10.8. The molecule has 4 rings (SSSR count). The van der Waals surface area contributed by atoms with Crippen LogP contribution in [0.2, 0.25) is 0 Å². The maximum absolute atomic E-state index is 7.58. The molecule has 3 N–H and O–H groups in total. The second-order valence-corrected chi connectivity index (χ2v) is 8.48. The summed E-state index contributed by atoms with van der Waals surface area (Å²) in [5, 5.41) is 7.58. The Morgan fingerprint density at radius 1 is 0.694 bits per heavy atom. The van der Waals surface area contributed by atoms with E-state index in [1.807, 2.05) is 84.9 Å². The van der Waals surface area contributed by atoms with Crippen molar-refractivity contribution in [3.8, 4) is 28.4 Å². The lowest BCUT2D eigenvalue weighted by atomic mass is 9.99. The van der Waals surface area contributed by atoms with E-state index in [0.717, 1.165) is 46.4 Å². The number of nitrogens with two attached hydrogens (primary N) is 1. The van der Waals surface area contributed by atoms with Gasteiger partial charge in [0.1, 0.15) is 31.4 Å². The van der Waals surface area contributed by atoms with E-state index < -0.39 is 0 Å². The van der Waals surface area contributed by atoms with Crippen molar-refractivity contribution in [3.05, 3.63) is 114 Å². The number of ether oxygens (including phenoxy) is 3. The van der Waals surface area contributed by atoms with Gasteiger partial charge in [-0.3, -0.25) is 5.41 Å². The Hall–Kier alpha value is -4.25. The Balaban J connectivity index is 1.36. The predicted molar refractivity (Wildman–Crippen MR) is 145 cm³/mol. The largest absolute Gasteiger partial charge is 0.490 e. The van der Waals surface area contributed by atoms with E-state index in [9.17, 15) is 0 Å². The molecule has 0 aliphatic carbocycles. The molecule has 0 radical (unpaired) electrons. The molecule has 0 heterocycles. The van der Waals surface area contributed by atoms with E-state index >= 15 is 0 Å². The van der Waals surface area contributed by atoms with Crippen LogP contribution >= 0.6 is 0 Å². The lowest BCUT2D eigenvalue weighted by Crippen LogP contribution is -2.11. The molecule has 0 aliphatic rings. The third-order valence-electron chi connectivity index (χ3n) is 5.79. The first-order valence-corrected chi connectivity index (χ1v) is 12.2. The van der Waals surface area contributed by atoms with Crippen LogP contribution in [0.5, 0.6) is 17.2 Å². The van der Waals surface area contributed by atoms with E-state index in [4.69, 9.17) is 25.4 Å². The fraction of sp³-hybridized carbons (Fsp3) is 0.194. The number of hydrogen-bond donors (Lipinski definition) is 2. The third-order valence-corrected chi connectivity index (χ3v) is 5.79. The summed E-state index contributed by atoms with van der Waals surface area (Å²) < 4.78 is 18.1. The summed E-state index contributed by atoms with van der Waals surface area (Å²) in [5.74, 6) is 2.37. The second-order valence-electron chi connectivity index (χ2n) is 8.48. The van der Waals surface area contributed by atoms with Gasteiger partial charge in [0, 0.05) is 5.56 Å². The number of aryl methyl sites for hydroxylation is 1. The van der Waals surface area contributed by atoms with Gasteiger partial charge in [-0.2, -0.15) is 0 Å². The summed E-state index contributed by atoms with van der Waals surface area (Å²) in [6.45, 7) is 3.48. The zero-order valence-electron chi connectivity index (χ0n) is 20.6. The number of rotatable bonds is 12. The van der Waals surface area contributed by atoms with Gasteiger partial charge in [-0.1, -0.05) is 86.1 Å².